The number of benzene rings is 1. The van der Waals surface area contributed by atoms with Gasteiger partial charge in [0.15, 0.2) is 0 Å². The molecule has 1 fully saturated rings. The van der Waals surface area contributed by atoms with Gasteiger partial charge in [0, 0.05) is 12.6 Å². The second kappa shape index (κ2) is 6.70. The molecule has 1 saturated carbocycles. The van der Waals surface area contributed by atoms with Crippen molar-refractivity contribution in [3.8, 4) is 0 Å². The van der Waals surface area contributed by atoms with E-state index in [0.717, 1.165) is 17.5 Å². The second-order valence-corrected chi connectivity index (χ2v) is 6.11. The lowest BCUT2D eigenvalue weighted by atomic mass is 9.79. The van der Waals surface area contributed by atoms with Gasteiger partial charge in [-0.3, -0.25) is 4.90 Å². The van der Waals surface area contributed by atoms with Crippen LogP contribution < -0.4 is 5.46 Å². The van der Waals surface area contributed by atoms with E-state index < -0.39 is 12.9 Å². The maximum atomic E-state index is 13.5. The Morgan fingerprint density at radius 3 is 2.70 bits per heavy atom. The van der Waals surface area contributed by atoms with Crippen LogP contribution in [0.15, 0.2) is 18.2 Å². The van der Waals surface area contributed by atoms with Crippen molar-refractivity contribution in [1.82, 2.24) is 4.90 Å². The Bertz CT molecular complexity index is 455. The summed E-state index contributed by atoms with van der Waals surface area (Å²) >= 11 is 0. The zero-order valence-corrected chi connectivity index (χ0v) is 12.2. The number of hydrogen-bond acceptors (Lipinski definition) is 3. The molecule has 1 aromatic carbocycles. The maximum Gasteiger partial charge on any atom is 0.488 e. The SMILES string of the molecule is CC1CCCC(N(C)Cc2cc(F)cc(B(O)O)c2)C1. The van der Waals surface area contributed by atoms with Gasteiger partial charge in [-0.15, -0.1) is 0 Å². The summed E-state index contributed by atoms with van der Waals surface area (Å²) in [6, 6.07) is 4.83. The Morgan fingerprint density at radius 2 is 2.05 bits per heavy atom. The Balaban J connectivity index is 2.05. The molecule has 0 aliphatic heterocycles. The Labute approximate surface area is 120 Å². The van der Waals surface area contributed by atoms with Gasteiger partial charge in [-0.1, -0.05) is 25.8 Å². The molecule has 0 heterocycles. The summed E-state index contributed by atoms with van der Waals surface area (Å²) in [6.07, 6.45) is 4.91. The first-order valence-electron chi connectivity index (χ1n) is 7.31. The zero-order valence-electron chi connectivity index (χ0n) is 12.2. The average Bonchev–Trinajstić information content (AvgIpc) is 2.37. The average molecular weight is 279 g/mol. The quantitative estimate of drug-likeness (QED) is 0.821. The van der Waals surface area contributed by atoms with Crippen molar-refractivity contribution in [2.45, 2.75) is 45.2 Å². The van der Waals surface area contributed by atoms with Crippen LogP contribution in [0.5, 0.6) is 0 Å². The minimum Gasteiger partial charge on any atom is -0.423 e. The van der Waals surface area contributed by atoms with Crippen LogP contribution in [-0.4, -0.2) is 35.2 Å². The van der Waals surface area contributed by atoms with Crippen molar-refractivity contribution < 1.29 is 14.4 Å². The van der Waals surface area contributed by atoms with E-state index in [0.29, 0.717) is 12.6 Å². The minimum atomic E-state index is -1.62. The van der Waals surface area contributed by atoms with E-state index in [-0.39, 0.29) is 5.46 Å². The molecule has 110 valence electrons. The first-order chi connectivity index (χ1) is 9.45. The van der Waals surface area contributed by atoms with Gasteiger partial charge in [-0.2, -0.15) is 0 Å². The molecule has 2 atom stereocenters. The molecule has 0 saturated heterocycles. The minimum absolute atomic E-state index is 0.213. The molecule has 5 heteroatoms. The lowest BCUT2D eigenvalue weighted by Gasteiger charge is -2.34. The second-order valence-electron chi connectivity index (χ2n) is 6.11. The number of rotatable bonds is 4. The molecule has 1 aliphatic carbocycles. The molecule has 1 aliphatic rings. The number of nitrogens with zero attached hydrogens (tertiary/aromatic N) is 1. The number of hydrogen-bond donors (Lipinski definition) is 2. The van der Waals surface area contributed by atoms with Crippen molar-refractivity contribution in [1.29, 1.82) is 0 Å². The van der Waals surface area contributed by atoms with Crippen molar-refractivity contribution in [3.63, 3.8) is 0 Å². The van der Waals surface area contributed by atoms with Crippen molar-refractivity contribution in [3.05, 3.63) is 29.6 Å². The van der Waals surface area contributed by atoms with Gasteiger partial charge in [0.2, 0.25) is 0 Å². The fraction of sp³-hybridized carbons (Fsp3) is 0.600. The summed E-state index contributed by atoms with van der Waals surface area (Å²) in [6.45, 7) is 2.91. The van der Waals surface area contributed by atoms with Gasteiger partial charge >= 0.3 is 7.12 Å². The Morgan fingerprint density at radius 1 is 1.30 bits per heavy atom. The first-order valence-corrected chi connectivity index (χ1v) is 7.31. The lowest BCUT2D eigenvalue weighted by molar-refractivity contribution is 0.157. The van der Waals surface area contributed by atoms with E-state index in [1.54, 1.807) is 6.07 Å². The zero-order chi connectivity index (χ0) is 14.7. The summed E-state index contributed by atoms with van der Waals surface area (Å²) < 4.78 is 13.5. The van der Waals surface area contributed by atoms with Crippen molar-refractivity contribution >= 4 is 12.6 Å². The van der Waals surface area contributed by atoms with Gasteiger partial charge < -0.3 is 10.0 Å². The van der Waals surface area contributed by atoms with E-state index in [2.05, 4.69) is 18.9 Å². The van der Waals surface area contributed by atoms with Crippen LogP contribution in [-0.2, 0) is 6.54 Å². The largest absolute Gasteiger partial charge is 0.488 e. The van der Waals surface area contributed by atoms with Gasteiger partial charge in [0.1, 0.15) is 5.82 Å². The maximum absolute atomic E-state index is 13.5. The molecule has 0 bridgehead atoms. The van der Waals surface area contributed by atoms with Crippen LogP contribution in [0.4, 0.5) is 4.39 Å². The van der Waals surface area contributed by atoms with Crippen LogP contribution in [0.2, 0.25) is 0 Å². The molecule has 3 nitrogen and oxygen atoms in total. The van der Waals surface area contributed by atoms with E-state index in [1.165, 1.54) is 31.7 Å². The highest BCUT2D eigenvalue weighted by atomic mass is 19.1. The van der Waals surface area contributed by atoms with Gasteiger partial charge in [-0.05, 0) is 49.0 Å². The lowest BCUT2D eigenvalue weighted by Crippen LogP contribution is -2.36. The Kier molecular flexibility index (Phi) is 5.19. The van der Waals surface area contributed by atoms with E-state index in [1.807, 2.05) is 0 Å². The number of halogens is 1. The highest BCUT2D eigenvalue weighted by Gasteiger charge is 2.23. The van der Waals surface area contributed by atoms with E-state index >= 15 is 0 Å². The third-order valence-electron chi connectivity index (χ3n) is 4.24. The molecular weight excluding hydrogens is 256 g/mol. The summed E-state index contributed by atoms with van der Waals surface area (Å²) in [5.41, 5.74) is 0.999. The standard InChI is InChI=1S/C15H23BFNO2/c1-11-4-3-5-15(6-11)18(2)10-12-7-13(16(19)20)9-14(17)8-12/h7-9,11,15,19-20H,3-6,10H2,1-2H3. The molecule has 0 amide bonds. The van der Waals surface area contributed by atoms with Crippen LogP contribution >= 0.6 is 0 Å². The smallest absolute Gasteiger partial charge is 0.423 e. The summed E-state index contributed by atoms with van der Waals surface area (Å²) in [5, 5.41) is 18.3. The molecule has 2 unspecified atom stereocenters. The normalized spacial score (nSPS) is 23.1. The highest BCUT2D eigenvalue weighted by Crippen LogP contribution is 2.27. The van der Waals surface area contributed by atoms with Gasteiger partial charge in [0.25, 0.3) is 0 Å². The summed E-state index contributed by atoms with van der Waals surface area (Å²) in [4.78, 5) is 2.25. The fourth-order valence-electron chi connectivity index (χ4n) is 3.14. The van der Waals surface area contributed by atoms with Crippen LogP contribution in [0.3, 0.4) is 0 Å². The van der Waals surface area contributed by atoms with E-state index in [9.17, 15) is 4.39 Å². The third-order valence-corrected chi connectivity index (χ3v) is 4.24. The molecular formula is C15H23BFNO2. The van der Waals surface area contributed by atoms with Crippen LogP contribution in [0.1, 0.15) is 38.2 Å². The predicted octanol–water partition coefficient (Wildman–Crippen LogP) is 1.52. The highest BCUT2D eigenvalue weighted by molar-refractivity contribution is 6.58. The topological polar surface area (TPSA) is 43.7 Å². The van der Waals surface area contributed by atoms with Gasteiger partial charge in [-0.25, -0.2) is 4.39 Å². The Hall–Kier alpha value is -0.905. The van der Waals surface area contributed by atoms with Crippen LogP contribution in [0.25, 0.3) is 0 Å². The molecule has 1 aromatic rings. The predicted molar refractivity (Wildman–Crippen MR) is 79.1 cm³/mol. The van der Waals surface area contributed by atoms with Crippen LogP contribution in [0, 0.1) is 11.7 Å². The van der Waals surface area contributed by atoms with Crippen molar-refractivity contribution in [2.75, 3.05) is 7.05 Å². The monoisotopic (exact) mass is 279 g/mol. The van der Waals surface area contributed by atoms with Crippen molar-refractivity contribution in [2.24, 2.45) is 5.92 Å². The molecule has 0 radical (unpaired) electrons. The van der Waals surface area contributed by atoms with Gasteiger partial charge in [0.05, 0.1) is 0 Å². The fourth-order valence-corrected chi connectivity index (χ4v) is 3.14. The summed E-state index contributed by atoms with van der Waals surface area (Å²) in [5.74, 6) is 0.328. The van der Waals surface area contributed by atoms with E-state index in [4.69, 9.17) is 10.0 Å². The molecule has 2 N–H and O–H groups in total. The molecule has 2 rings (SSSR count). The molecule has 0 spiro atoms. The molecule has 20 heavy (non-hydrogen) atoms. The third kappa shape index (κ3) is 4.04. The first kappa shape index (κ1) is 15.5. The summed E-state index contributed by atoms with van der Waals surface area (Å²) in [7, 11) is 0.437. The molecule has 0 aromatic heterocycles.